The first-order chi connectivity index (χ1) is 16.1. The highest BCUT2D eigenvalue weighted by Gasteiger charge is 2.21. The van der Waals surface area contributed by atoms with Crippen molar-refractivity contribution in [3.63, 3.8) is 0 Å². The van der Waals surface area contributed by atoms with Crippen molar-refractivity contribution in [2.75, 3.05) is 6.26 Å². The summed E-state index contributed by atoms with van der Waals surface area (Å²) in [6.45, 7) is 1.83. The summed E-state index contributed by atoms with van der Waals surface area (Å²) in [5, 5.41) is 12.9. The minimum atomic E-state index is -3.44. The molecule has 176 valence electrons. The van der Waals surface area contributed by atoms with Gasteiger partial charge in [-0.15, -0.1) is 0 Å². The molecule has 2 N–H and O–H groups in total. The predicted octanol–water partition coefficient (Wildman–Crippen LogP) is 3.54. The number of hydrogen-bond donors (Lipinski definition) is 2. The minimum absolute atomic E-state index is 0.128. The van der Waals surface area contributed by atoms with Gasteiger partial charge >= 0.3 is 5.97 Å². The second-order valence-corrected chi connectivity index (χ2v) is 10.5. The summed E-state index contributed by atoms with van der Waals surface area (Å²) in [7, 11) is -3.44. The smallest absolute Gasteiger partial charge is 0.310 e. The highest BCUT2D eigenvalue weighted by atomic mass is 32.2. The van der Waals surface area contributed by atoms with E-state index in [0.29, 0.717) is 23.2 Å². The van der Waals surface area contributed by atoms with Crippen molar-refractivity contribution in [2.24, 2.45) is 5.92 Å². The van der Waals surface area contributed by atoms with Crippen molar-refractivity contribution < 1.29 is 23.1 Å². The van der Waals surface area contributed by atoms with E-state index >= 15 is 0 Å². The van der Waals surface area contributed by atoms with Crippen molar-refractivity contribution in [2.45, 2.75) is 37.6 Å². The first kappa shape index (κ1) is 23.6. The van der Waals surface area contributed by atoms with Gasteiger partial charge in [0.2, 0.25) is 0 Å². The van der Waals surface area contributed by atoms with Crippen LogP contribution in [-0.2, 0) is 21.2 Å². The molecule has 0 bridgehead atoms. The molecule has 1 unspecified atom stereocenters. The van der Waals surface area contributed by atoms with Gasteiger partial charge in [0.15, 0.2) is 9.84 Å². The summed E-state index contributed by atoms with van der Waals surface area (Å²) in [5.41, 5.74) is 3.80. The zero-order valence-corrected chi connectivity index (χ0v) is 19.7. The molecular formula is C25H25N3O5S. The number of nitrogens with zero attached hydrogens (tertiary/aromatic N) is 2. The minimum Gasteiger partial charge on any atom is -0.481 e. The topological polar surface area (TPSA) is 126 Å². The lowest BCUT2D eigenvalue weighted by molar-refractivity contribution is -0.140. The van der Waals surface area contributed by atoms with Crippen molar-refractivity contribution in [3.8, 4) is 0 Å². The van der Waals surface area contributed by atoms with Gasteiger partial charge in [0.05, 0.1) is 34.3 Å². The SMILES string of the molecule is Cc1ccc(C(=O)NCc2cc3nc(C4=CC(C(=O)O)CCC4)ccc3cn2)cc1S(C)(=O)=O. The van der Waals surface area contributed by atoms with Crippen molar-refractivity contribution in [1.29, 1.82) is 0 Å². The monoisotopic (exact) mass is 479 g/mol. The molecule has 0 radical (unpaired) electrons. The normalized spacial score (nSPS) is 16.2. The molecule has 0 saturated carbocycles. The Kier molecular flexibility index (Phi) is 6.47. The molecule has 1 aliphatic carbocycles. The van der Waals surface area contributed by atoms with E-state index in [4.69, 9.17) is 4.98 Å². The van der Waals surface area contributed by atoms with Crippen LogP contribution in [0.1, 0.15) is 46.6 Å². The second-order valence-electron chi connectivity index (χ2n) is 8.53. The van der Waals surface area contributed by atoms with E-state index in [2.05, 4.69) is 10.3 Å². The molecule has 4 rings (SSSR count). The first-order valence-corrected chi connectivity index (χ1v) is 12.8. The van der Waals surface area contributed by atoms with Crippen LogP contribution in [-0.4, -0.2) is 41.6 Å². The van der Waals surface area contributed by atoms with Crippen LogP contribution in [0.25, 0.3) is 16.5 Å². The average molecular weight is 480 g/mol. The van der Waals surface area contributed by atoms with Gasteiger partial charge in [0.25, 0.3) is 5.91 Å². The molecule has 34 heavy (non-hydrogen) atoms. The van der Waals surface area contributed by atoms with E-state index in [1.54, 1.807) is 37.4 Å². The summed E-state index contributed by atoms with van der Waals surface area (Å²) in [5.74, 6) is -1.72. The third-order valence-electron chi connectivity index (χ3n) is 5.92. The summed E-state index contributed by atoms with van der Waals surface area (Å²) in [6.07, 6.45) is 6.79. The Morgan fingerprint density at radius 1 is 1.18 bits per heavy atom. The highest BCUT2D eigenvalue weighted by molar-refractivity contribution is 7.90. The number of aromatic nitrogens is 2. The van der Waals surface area contributed by atoms with Crippen LogP contribution in [0.5, 0.6) is 0 Å². The lowest BCUT2D eigenvalue weighted by Gasteiger charge is -2.18. The zero-order valence-electron chi connectivity index (χ0n) is 18.9. The van der Waals surface area contributed by atoms with Crippen LogP contribution in [0.2, 0.25) is 0 Å². The number of fused-ring (bicyclic) bond motifs is 1. The summed E-state index contributed by atoms with van der Waals surface area (Å²) in [4.78, 5) is 33.2. The number of rotatable bonds is 6. The molecule has 3 aromatic rings. The van der Waals surface area contributed by atoms with Crippen LogP contribution < -0.4 is 5.32 Å². The lowest BCUT2D eigenvalue weighted by atomic mass is 9.89. The number of carboxylic acid groups (broad SMARTS) is 1. The Hall–Kier alpha value is -3.59. The Balaban J connectivity index is 1.53. The first-order valence-electron chi connectivity index (χ1n) is 10.9. The van der Waals surface area contributed by atoms with Crippen LogP contribution in [0.3, 0.4) is 0 Å². The average Bonchev–Trinajstić information content (AvgIpc) is 2.81. The quantitative estimate of drug-likeness (QED) is 0.554. The van der Waals surface area contributed by atoms with Gasteiger partial charge in [-0.05, 0) is 67.7 Å². The fourth-order valence-electron chi connectivity index (χ4n) is 4.08. The number of carbonyl (C=O) groups excluding carboxylic acids is 1. The molecule has 2 aromatic heterocycles. The molecule has 0 saturated heterocycles. The largest absolute Gasteiger partial charge is 0.481 e. The number of pyridine rings is 2. The van der Waals surface area contributed by atoms with E-state index in [1.807, 2.05) is 12.1 Å². The highest BCUT2D eigenvalue weighted by Crippen LogP contribution is 2.30. The van der Waals surface area contributed by atoms with E-state index in [9.17, 15) is 23.1 Å². The van der Waals surface area contributed by atoms with Crippen LogP contribution in [0, 0.1) is 12.8 Å². The maximum Gasteiger partial charge on any atom is 0.310 e. The molecule has 2 heterocycles. The standard InChI is InChI=1S/C25H25N3O5S/c1-15-6-7-17(11-23(15)34(2,32)33)24(29)27-14-20-12-22-19(13-26-20)8-9-21(28-22)16-4-3-5-18(10-16)25(30)31/h6-13,18H,3-5,14H2,1-2H3,(H,27,29)(H,30,31). The number of hydrogen-bond acceptors (Lipinski definition) is 6. The third-order valence-corrected chi connectivity index (χ3v) is 7.16. The molecule has 1 amide bonds. The molecule has 8 nitrogen and oxygen atoms in total. The van der Waals surface area contributed by atoms with Gasteiger partial charge in [0.1, 0.15) is 0 Å². The summed E-state index contributed by atoms with van der Waals surface area (Å²) < 4.78 is 23.9. The number of carboxylic acids is 1. The number of nitrogens with one attached hydrogen (secondary N) is 1. The zero-order chi connectivity index (χ0) is 24.5. The predicted molar refractivity (Wildman–Crippen MR) is 128 cm³/mol. The summed E-state index contributed by atoms with van der Waals surface area (Å²) in [6, 6.07) is 10.1. The summed E-state index contributed by atoms with van der Waals surface area (Å²) >= 11 is 0. The van der Waals surface area contributed by atoms with Gasteiger partial charge in [-0.25, -0.2) is 13.4 Å². The van der Waals surface area contributed by atoms with E-state index < -0.39 is 27.6 Å². The fourth-order valence-corrected chi connectivity index (χ4v) is 5.07. The molecule has 0 fully saturated rings. The van der Waals surface area contributed by atoms with E-state index in [1.165, 1.54) is 6.07 Å². The Morgan fingerprint density at radius 2 is 1.97 bits per heavy atom. The van der Waals surface area contributed by atoms with Crippen molar-refractivity contribution >= 4 is 38.2 Å². The number of sulfone groups is 1. The maximum absolute atomic E-state index is 12.6. The Bertz CT molecular complexity index is 1430. The maximum atomic E-state index is 12.6. The number of aliphatic carboxylic acids is 1. The number of benzene rings is 1. The van der Waals surface area contributed by atoms with E-state index in [0.717, 1.165) is 35.8 Å². The Morgan fingerprint density at radius 3 is 2.71 bits per heavy atom. The molecule has 9 heteroatoms. The van der Waals surface area contributed by atoms with Crippen LogP contribution in [0.4, 0.5) is 0 Å². The van der Waals surface area contributed by atoms with Crippen LogP contribution in [0.15, 0.2) is 53.6 Å². The second kappa shape index (κ2) is 9.34. The Labute approximate surface area is 197 Å². The molecule has 0 aliphatic heterocycles. The van der Waals surface area contributed by atoms with Gasteiger partial charge in [-0.2, -0.15) is 0 Å². The molecule has 1 atom stereocenters. The number of allylic oxidation sites excluding steroid dienone is 1. The van der Waals surface area contributed by atoms with Gasteiger partial charge in [-0.3, -0.25) is 14.6 Å². The van der Waals surface area contributed by atoms with Crippen molar-refractivity contribution in [1.82, 2.24) is 15.3 Å². The van der Waals surface area contributed by atoms with Crippen LogP contribution >= 0.6 is 0 Å². The molecular weight excluding hydrogens is 454 g/mol. The third kappa shape index (κ3) is 5.14. The molecule has 1 aromatic carbocycles. The number of aryl methyl sites for hydroxylation is 1. The van der Waals surface area contributed by atoms with Crippen molar-refractivity contribution in [3.05, 3.63) is 71.2 Å². The van der Waals surface area contributed by atoms with Gasteiger partial charge in [-0.1, -0.05) is 12.1 Å². The van der Waals surface area contributed by atoms with E-state index in [-0.39, 0.29) is 17.0 Å². The lowest BCUT2D eigenvalue weighted by Crippen LogP contribution is -2.23. The number of carbonyl (C=O) groups is 2. The fraction of sp³-hybridized carbons (Fsp3) is 0.280. The molecule has 0 spiro atoms. The van der Waals surface area contributed by atoms with Gasteiger partial charge in [0, 0.05) is 23.4 Å². The van der Waals surface area contributed by atoms with Gasteiger partial charge < -0.3 is 10.4 Å². The molecule has 1 aliphatic rings. The number of amides is 1.